The van der Waals surface area contributed by atoms with Crippen molar-refractivity contribution in [2.75, 3.05) is 6.54 Å². The Hall–Kier alpha value is -2.88. The van der Waals surface area contributed by atoms with E-state index in [1.807, 2.05) is 39.0 Å². The number of carbonyl (C=O) groups excluding carboxylic acids is 1. The van der Waals surface area contributed by atoms with Crippen LogP contribution >= 0.6 is 0 Å². The van der Waals surface area contributed by atoms with Gasteiger partial charge in [0.1, 0.15) is 6.04 Å². The molecule has 0 aliphatic rings. The third kappa shape index (κ3) is 5.31. The average molecular weight is 341 g/mol. The van der Waals surface area contributed by atoms with E-state index < -0.39 is 0 Å². The van der Waals surface area contributed by atoms with Gasteiger partial charge in [-0.1, -0.05) is 38.1 Å². The first-order valence-corrected chi connectivity index (χ1v) is 8.17. The summed E-state index contributed by atoms with van der Waals surface area (Å²) in [5.74, 6) is 0.982. The fraction of sp³-hybridized carbons (Fsp3) is 0.444. The van der Waals surface area contributed by atoms with Crippen molar-refractivity contribution in [3.8, 4) is 6.07 Å². The van der Waals surface area contributed by atoms with E-state index in [9.17, 15) is 4.79 Å². The number of urea groups is 1. The number of nitriles is 1. The van der Waals surface area contributed by atoms with Gasteiger partial charge >= 0.3 is 6.03 Å². The molecule has 2 N–H and O–H groups in total. The van der Waals surface area contributed by atoms with E-state index in [0.717, 1.165) is 5.56 Å². The van der Waals surface area contributed by atoms with Gasteiger partial charge in [-0.25, -0.2) is 4.79 Å². The van der Waals surface area contributed by atoms with Gasteiger partial charge in [0.25, 0.3) is 0 Å². The van der Waals surface area contributed by atoms with Crippen LogP contribution in [-0.4, -0.2) is 22.7 Å². The molecule has 1 aromatic heterocycles. The highest BCUT2D eigenvalue weighted by Gasteiger charge is 2.23. The zero-order valence-electron chi connectivity index (χ0n) is 15.0. The molecule has 0 bridgehead atoms. The summed E-state index contributed by atoms with van der Waals surface area (Å²) in [4.78, 5) is 16.3. The summed E-state index contributed by atoms with van der Waals surface area (Å²) >= 11 is 0. The van der Waals surface area contributed by atoms with Crippen molar-refractivity contribution in [3.63, 3.8) is 0 Å². The van der Waals surface area contributed by atoms with Crippen LogP contribution in [0.2, 0.25) is 0 Å². The van der Waals surface area contributed by atoms with E-state index in [2.05, 4.69) is 26.8 Å². The molecule has 0 fully saturated rings. The van der Waals surface area contributed by atoms with Crippen molar-refractivity contribution in [1.29, 1.82) is 5.26 Å². The van der Waals surface area contributed by atoms with Crippen LogP contribution in [0.1, 0.15) is 56.6 Å². The lowest BCUT2D eigenvalue weighted by Crippen LogP contribution is -2.38. The third-order valence-electron chi connectivity index (χ3n) is 3.59. The monoisotopic (exact) mass is 341 g/mol. The minimum absolute atomic E-state index is 0.207. The topological polar surface area (TPSA) is 104 Å². The van der Waals surface area contributed by atoms with Gasteiger partial charge in [-0.15, -0.1) is 0 Å². The summed E-state index contributed by atoms with van der Waals surface area (Å²) < 4.78 is 5.22. The van der Waals surface area contributed by atoms with E-state index in [-0.39, 0.29) is 17.5 Å². The summed E-state index contributed by atoms with van der Waals surface area (Å²) in [6.45, 7) is 8.23. The molecule has 1 atom stereocenters. The Bertz CT molecular complexity index is 770. The second kappa shape index (κ2) is 7.79. The van der Waals surface area contributed by atoms with Crippen LogP contribution in [-0.2, 0) is 11.8 Å². The third-order valence-corrected chi connectivity index (χ3v) is 3.59. The van der Waals surface area contributed by atoms with Crippen LogP contribution in [0.25, 0.3) is 0 Å². The molecule has 0 aliphatic carbocycles. The van der Waals surface area contributed by atoms with Crippen LogP contribution in [0, 0.1) is 11.3 Å². The Balaban J connectivity index is 1.81. The molecule has 132 valence electrons. The summed E-state index contributed by atoms with van der Waals surface area (Å²) in [7, 11) is 0. The Morgan fingerprint density at radius 3 is 2.80 bits per heavy atom. The van der Waals surface area contributed by atoms with Crippen molar-refractivity contribution >= 4 is 6.03 Å². The van der Waals surface area contributed by atoms with Crippen molar-refractivity contribution in [3.05, 3.63) is 47.1 Å². The standard InChI is InChI=1S/C18H23N5O2/c1-12(15-22-16(23-25-15)18(2,3)4)21-17(24)20-9-8-13-6-5-7-14(10-13)11-19/h5-7,10,12H,8-9H2,1-4H3,(H2,20,21,24). The van der Waals surface area contributed by atoms with Crippen LogP contribution in [0.15, 0.2) is 28.8 Å². The zero-order chi connectivity index (χ0) is 18.4. The van der Waals surface area contributed by atoms with E-state index in [1.165, 1.54) is 0 Å². The first-order chi connectivity index (χ1) is 11.8. The highest BCUT2D eigenvalue weighted by Crippen LogP contribution is 2.20. The molecule has 0 radical (unpaired) electrons. The first kappa shape index (κ1) is 18.5. The highest BCUT2D eigenvalue weighted by molar-refractivity contribution is 5.74. The highest BCUT2D eigenvalue weighted by atomic mass is 16.5. The molecule has 1 unspecified atom stereocenters. The van der Waals surface area contributed by atoms with Crippen LogP contribution in [0.4, 0.5) is 4.79 Å². The Morgan fingerprint density at radius 2 is 2.16 bits per heavy atom. The van der Waals surface area contributed by atoms with Gasteiger partial charge in [-0.2, -0.15) is 10.2 Å². The summed E-state index contributed by atoms with van der Waals surface area (Å²) in [6.07, 6.45) is 0.645. The van der Waals surface area contributed by atoms with Gasteiger partial charge in [0.15, 0.2) is 5.82 Å². The number of nitrogens with one attached hydrogen (secondary N) is 2. The maximum atomic E-state index is 12.0. The molecule has 2 rings (SSSR count). The molecular weight excluding hydrogens is 318 g/mol. The van der Waals surface area contributed by atoms with Crippen LogP contribution in [0.3, 0.4) is 0 Å². The lowest BCUT2D eigenvalue weighted by molar-refractivity contribution is 0.234. The normalized spacial score (nSPS) is 12.3. The molecular formula is C18H23N5O2. The van der Waals surface area contributed by atoms with E-state index in [4.69, 9.17) is 9.78 Å². The molecule has 2 amide bonds. The van der Waals surface area contributed by atoms with Gasteiger partial charge in [0.05, 0.1) is 11.6 Å². The van der Waals surface area contributed by atoms with Gasteiger partial charge in [0, 0.05) is 12.0 Å². The maximum Gasteiger partial charge on any atom is 0.315 e. The molecule has 0 aliphatic heterocycles. The molecule has 7 nitrogen and oxygen atoms in total. The predicted octanol–water partition coefficient (Wildman–Crippen LogP) is 2.84. The number of aromatic nitrogens is 2. The minimum Gasteiger partial charge on any atom is -0.338 e. The van der Waals surface area contributed by atoms with E-state index >= 15 is 0 Å². The van der Waals surface area contributed by atoms with Crippen molar-refractivity contribution < 1.29 is 9.32 Å². The molecule has 0 saturated carbocycles. The fourth-order valence-corrected chi connectivity index (χ4v) is 2.14. The number of benzene rings is 1. The molecule has 1 aromatic carbocycles. The second-order valence-corrected chi connectivity index (χ2v) is 6.89. The van der Waals surface area contributed by atoms with Gasteiger partial charge in [0.2, 0.25) is 5.89 Å². The second-order valence-electron chi connectivity index (χ2n) is 6.89. The molecule has 0 saturated heterocycles. The Morgan fingerprint density at radius 1 is 1.40 bits per heavy atom. The lowest BCUT2D eigenvalue weighted by atomic mass is 9.96. The summed E-state index contributed by atoms with van der Waals surface area (Å²) in [5, 5.41) is 18.4. The minimum atomic E-state index is -0.384. The van der Waals surface area contributed by atoms with Gasteiger partial charge < -0.3 is 15.2 Å². The molecule has 2 aromatic rings. The van der Waals surface area contributed by atoms with Crippen molar-refractivity contribution in [2.24, 2.45) is 0 Å². The molecule has 7 heteroatoms. The summed E-state index contributed by atoms with van der Waals surface area (Å²) in [5.41, 5.74) is 1.41. The molecule has 1 heterocycles. The number of hydrogen-bond donors (Lipinski definition) is 2. The van der Waals surface area contributed by atoms with E-state index in [0.29, 0.717) is 30.2 Å². The van der Waals surface area contributed by atoms with Crippen molar-refractivity contribution in [2.45, 2.75) is 45.6 Å². The first-order valence-electron chi connectivity index (χ1n) is 8.17. The zero-order valence-corrected chi connectivity index (χ0v) is 15.0. The predicted molar refractivity (Wildman–Crippen MR) is 92.8 cm³/mol. The molecule has 0 spiro atoms. The van der Waals surface area contributed by atoms with Crippen LogP contribution < -0.4 is 10.6 Å². The maximum absolute atomic E-state index is 12.0. The van der Waals surface area contributed by atoms with Gasteiger partial charge in [-0.3, -0.25) is 0 Å². The number of amides is 2. The van der Waals surface area contributed by atoms with E-state index in [1.54, 1.807) is 13.0 Å². The number of carbonyl (C=O) groups is 1. The van der Waals surface area contributed by atoms with Gasteiger partial charge in [-0.05, 0) is 31.0 Å². The number of rotatable bonds is 5. The average Bonchev–Trinajstić information content (AvgIpc) is 3.05. The Kier molecular flexibility index (Phi) is 5.75. The Labute approximate surface area is 147 Å². The summed E-state index contributed by atoms with van der Waals surface area (Å²) in [6, 6.07) is 8.73. The lowest BCUT2D eigenvalue weighted by Gasteiger charge is -2.12. The quantitative estimate of drug-likeness (QED) is 0.870. The SMILES string of the molecule is CC(NC(=O)NCCc1cccc(C#N)c1)c1nc(C(C)(C)C)no1. The smallest absolute Gasteiger partial charge is 0.315 e. The number of nitrogens with zero attached hydrogens (tertiary/aromatic N) is 3. The number of hydrogen-bond acceptors (Lipinski definition) is 5. The van der Waals surface area contributed by atoms with Crippen LogP contribution in [0.5, 0.6) is 0 Å². The molecule has 25 heavy (non-hydrogen) atoms. The van der Waals surface area contributed by atoms with Crippen molar-refractivity contribution in [1.82, 2.24) is 20.8 Å². The largest absolute Gasteiger partial charge is 0.338 e. The fourth-order valence-electron chi connectivity index (χ4n) is 2.14.